The van der Waals surface area contributed by atoms with Gasteiger partial charge in [-0.25, -0.2) is 9.78 Å². The number of hydrogen-bond acceptors (Lipinski definition) is 4. The third kappa shape index (κ3) is 5.13. The molecule has 0 aliphatic heterocycles. The molecule has 1 heterocycles. The Bertz CT molecular complexity index is 404. The number of pyridine rings is 1. The molecule has 1 fully saturated rings. The molecular weight excluding hydrogens is 246 g/mol. The number of rotatable bonds is 7. The lowest BCUT2D eigenvalue weighted by Gasteiger charge is -2.07. The molecule has 104 valence electrons. The maximum Gasteiger partial charge on any atom is 0.315 e. The molecule has 6 nitrogen and oxygen atoms in total. The van der Waals surface area contributed by atoms with E-state index in [1.807, 2.05) is 6.07 Å². The molecule has 0 aromatic carbocycles. The first kappa shape index (κ1) is 13.6. The fourth-order valence-corrected chi connectivity index (χ4v) is 1.48. The SMILES string of the molecule is COCCOc1ccc(CNC(=O)NC2CC2)cn1. The minimum absolute atomic E-state index is 0.122. The first-order chi connectivity index (χ1) is 9.28. The van der Waals surface area contributed by atoms with Gasteiger partial charge in [0.2, 0.25) is 5.88 Å². The van der Waals surface area contributed by atoms with Crippen molar-refractivity contribution in [3.63, 3.8) is 0 Å². The normalized spacial score (nSPS) is 13.9. The van der Waals surface area contributed by atoms with Crippen LogP contribution in [0.1, 0.15) is 18.4 Å². The van der Waals surface area contributed by atoms with Crippen LogP contribution in [0.15, 0.2) is 18.3 Å². The zero-order valence-electron chi connectivity index (χ0n) is 11.0. The molecule has 1 aliphatic rings. The molecule has 1 aromatic heterocycles. The average molecular weight is 265 g/mol. The van der Waals surface area contributed by atoms with Gasteiger partial charge in [0, 0.05) is 32.0 Å². The van der Waals surface area contributed by atoms with E-state index in [0.29, 0.717) is 31.7 Å². The van der Waals surface area contributed by atoms with Gasteiger partial charge in [-0.05, 0) is 18.4 Å². The summed E-state index contributed by atoms with van der Waals surface area (Å²) in [7, 11) is 1.62. The molecule has 0 radical (unpaired) electrons. The summed E-state index contributed by atoms with van der Waals surface area (Å²) in [6.45, 7) is 1.47. The van der Waals surface area contributed by atoms with Gasteiger partial charge < -0.3 is 20.1 Å². The van der Waals surface area contributed by atoms with Crippen LogP contribution in [0, 0.1) is 0 Å². The lowest BCUT2D eigenvalue weighted by molar-refractivity contribution is 0.143. The van der Waals surface area contributed by atoms with Crippen molar-refractivity contribution in [3.05, 3.63) is 23.9 Å². The molecule has 0 atom stereocenters. The topological polar surface area (TPSA) is 72.5 Å². The summed E-state index contributed by atoms with van der Waals surface area (Å²) in [4.78, 5) is 15.6. The Hall–Kier alpha value is -1.82. The number of amides is 2. The molecule has 2 rings (SSSR count). The van der Waals surface area contributed by atoms with Crippen molar-refractivity contribution in [1.82, 2.24) is 15.6 Å². The minimum Gasteiger partial charge on any atom is -0.475 e. The number of carbonyl (C=O) groups is 1. The van der Waals surface area contributed by atoms with E-state index < -0.39 is 0 Å². The van der Waals surface area contributed by atoms with E-state index in [2.05, 4.69) is 15.6 Å². The summed E-state index contributed by atoms with van der Waals surface area (Å²) in [5.74, 6) is 0.559. The van der Waals surface area contributed by atoms with Gasteiger partial charge in [-0.3, -0.25) is 0 Å². The Morgan fingerprint density at radius 1 is 1.42 bits per heavy atom. The van der Waals surface area contributed by atoms with Crippen LogP contribution < -0.4 is 15.4 Å². The number of methoxy groups -OCH3 is 1. The number of ether oxygens (including phenoxy) is 2. The smallest absolute Gasteiger partial charge is 0.315 e. The van der Waals surface area contributed by atoms with Crippen LogP contribution in [0.5, 0.6) is 5.88 Å². The summed E-state index contributed by atoms with van der Waals surface area (Å²) in [6.07, 6.45) is 3.87. The standard InChI is InChI=1S/C13H19N3O3/c1-18-6-7-19-12-5-2-10(8-14-12)9-15-13(17)16-11-3-4-11/h2,5,8,11H,3-4,6-7,9H2,1H3,(H2,15,16,17). The molecule has 0 saturated heterocycles. The van der Waals surface area contributed by atoms with E-state index in [4.69, 9.17) is 9.47 Å². The van der Waals surface area contributed by atoms with E-state index in [9.17, 15) is 4.79 Å². The van der Waals surface area contributed by atoms with Gasteiger partial charge in [0.05, 0.1) is 6.61 Å². The Labute approximate surface area is 112 Å². The molecule has 0 spiro atoms. The first-order valence-electron chi connectivity index (χ1n) is 6.39. The van der Waals surface area contributed by atoms with Gasteiger partial charge in [-0.1, -0.05) is 6.07 Å². The highest BCUT2D eigenvalue weighted by molar-refractivity contribution is 5.74. The van der Waals surface area contributed by atoms with Gasteiger partial charge in [0.25, 0.3) is 0 Å². The molecule has 6 heteroatoms. The molecule has 2 N–H and O–H groups in total. The van der Waals surface area contributed by atoms with Crippen molar-refractivity contribution >= 4 is 6.03 Å². The van der Waals surface area contributed by atoms with Gasteiger partial charge in [-0.2, -0.15) is 0 Å². The van der Waals surface area contributed by atoms with Gasteiger partial charge >= 0.3 is 6.03 Å². The van der Waals surface area contributed by atoms with E-state index in [1.54, 1.807) is 19.4 Å². The Morgan fingerprint density at radius 3 is 2.89 bits per heavy atom. The number of nitrogens with one attached hydrogen (secondary N) is 2. The fourth-order valence-electron chi connectivity index (χ4n) is 1.48. The van der Waals surface area contributed by atoms with Crippen molar-refractivity contribution < 1.29 is 14.3 Å². The predicted octanol–water partition coefficient (Wildman–Crippen LogP) is 1.07. The van der Waals surface area contributed by atoms with Crippen LogP contribution in [0.4, 0.5) is 4.79 Å². The van der Waals surface area contributed by atoms with Crippen molar-refractivity contribution in [2.45, 2.75) is 25.4 Å². The van der Waals surface area contributed by atoms with Crippen molar-refractivity contribution in [1.29, 1.82) is 0 Å². The predicted molar refractivity (Wildman–Crippen MR) is 70.0 cm³/mol. The summed E-state index contributed by atoms with van der Waals surface area (Å²) >= 11 is 0. The Kier molecular flexibility index (Phi) is 4.97. The summed E-state index contributed by atoms with van der Waals surface area (Å²) < 4.78 is 10.2. The molecule has 0 unspecified atom stereocenters. The van der Waals surface area contributed by atoms with E-state index in [0.717, 1.165) is 18.4 Å². The molecule has 1 saturated carbocycles. The maximum absolute atomic E-state index is 11.4. The largest absolute Gasteiger partial charge is 0.475 e. The fraction of sp³-hybridized carbons (Fsp3) is 0.538. The van der Waals surface area contributed by atoms with Crippen LogP contribution >= 0.6 is 0 Å². The number of urea groups is 1. The van der Waals surface area contributed by atoms with Crippen molar-refractivity contribution in [3.8, 4) is 5.88 Å². The van der Waals surface area contributed by atoms with Crippen molar-refractivity contribution in [2.75, 3.05) is 20.3 Å². The van der Waals surface area contributed by atoms with Crippen LogP contribution in [0.3, 0.4) is 0 Å². The van der Waals surface area contributed by atoms with Gasteiger partial charge in [0.1, 0.15) is 6.61 Å². The Morgan fingerprint density at radius 2 is 2.26 bits per heavy atom. The van der Waals surface area contributed by atoms with E-state index in [1.165, 1.54) is 0 Å². The van der Waals surface area contributed by atoms with E-state index in [-0.39, 0.29) is 6.03 Å². The molecule has 1 aliphatic carbocycles. The quantitative estimate of drug-likeness (QED) is 0.723. The maximum atomic E-state index is 11.4. The van der Waals surface area contributed by atoms with Crippen LogP contribution in [-0.4, -0.2) is 37.4 Å². The second kappa shape index (κ2) is 6.94. The number of hydrogen-bond donors (Lipinski definition) is 2. The third-order valence-corrected chi connectivity index (χ3v) is 2.70. The van der Waals surface area contributed by atoms with Crippen LogP contribution in [-0.2, 0) is 11.3 Å². The summed E-state index contributed by atoms with van der Waals surface area (Å²) in [5.41, 5.74) is 0.935. The second-order valence-electron chi connectivity index (χ2n) is 4.45. The number of aromatic nitrogens is 1. The molecule has 0 bridgehead atoms. The zero-order valence-corrected chi connectivity index (χ0v) is 11.0. The van der Waals surface area contributed by atoms with Crippen LogP contribution in [0.25, 0.3) is 0 Å². The Balaban J connectivity index is 1.69. The molecule has 1 aromatic rings. The number of carbonyl (C=O) groups excluding carboxylic acids is 1. The zero-order chi connectivity index (χ0) is 13.5. The lowest BCUT2D eigenvalue weighted by atomic mass is 10.3. The monoisotopic (exact) mass is 265 g/mol. The molecule has 19 heavy (non-hydrogen) atoms. The van der Waals surface area contributed by atoms with Gasteiger partial charge in [-0.15, -0.1) is 0 Å². The highest BCUT2D eigenvalue weighted by Gasteiger charge is 2.22. The van der Waals surface area contributed by atoms with E-state index >= 15 is 0 Å². The van der Waals surface area contributed by atoms with Gasteiger partial charge in [0.15, 0.2) is 0 Å². The molecular formula is C13H19N3O3. The summed E-state index contributed by atoms with van der Waals surface area (Å²) in [5, 5.41) is 5.65. The number of nitrogens with zero attached hydrogens (tertiary/aromatic N) is 1. The minimum atomic E-state index is -0.122. The highest BCUT2D eigenvalue weighted by atomic mass is 16.5. The summed E-state index contributed by atoms with van der Waals surface area (Å²) in [6, 6.07) is 3.91. The first-order valence-corrected chi connectivity index (χ1v) is 6.39. The van der Waals surface area contributed by atoms with Crippen LogP contribution in [0.2, 0.25) is 0 Å². The lowest BCUT2D eigenvalue weighted by Crippen LogP contribution is -2.36. The highest BCUT2D eigenvalue weighted by Crippen LogP contribution is 2.18. The van der Waals surface area contributed by atoms with Crippen molar-refractivity contribution in [2.24, 2.45) is 0 Å². The third-order valence-electron chi connectivity index (χ3n) is 2.70. The average Bonchev–Trinajstić information content (AvgIpc) is 3.22. The second-order valence-corrected chi connectivity index (χ2v) is 4.45. The molecule has 2 amide bonds.